The van der Waals surface area contributed by atoms with Crippen LogP contribution in [0.5, 0.6) is 0 Å². The molecule has 1 fully saturated rings. The molecule has 130 valence electrons. The van der Waals surface area contributed by atoms with Crippen LogP contribution in [0.4, 0.5) is 0 Å². The second-order valence-corrected chi connectivity index (χ2v) is 8.26. The van der Waals surface area contributed by atoms with Gasteiger partial charge in [0.1, 0.15) is 5.76 Å². The fourth-order valence-corrected chi connectivity index (χ4v) is 4.53. The standard InChI is InChI=1S/C18H24N2O2S2/c1-13-15(20-18(22-13)16-8-5-10-24-16)12-23-11-9-17(21)19-14-6-3-2-4-7-14/h5,8,10,14H,2-4,6-7,9,11-12H2,1H3,(H,19,21). The highest BCUT2D eigenvalue weighted by Crippen LogP contribution is 2.27. The summed E-state index contributed by atoms with van der Waals surface area (Å²) in [7, 11) is 0. The van der Waals surface area contributed by atoms with Gasteiger partial charge in [-0.15, -0.1) is 11.3 Å². The fourth-order valence-electron chi connectivity index (χ4n) is 2.95. The van der Waals surface area contributed by atoms with E-state index in [1.54, 1.807) is 23.1 Å². The predicted molar refractivity (Wildman–Crippen MR) is 100 cm³/mol. The first-order valence-corrected chi connectivity index (χ1v) is 10.6. The zero-order valence-corrected chi connectivity index (χ0v) is 15.7. The van der Waals surface area contributed by atoms with E-state index >= 15 is 0 Å². The molecule has 0 spiro atoms. The van der Waals surface area contributed by atoms with Crippen molar-refractivity contribution in [2.24, 2.45) is 0 Å². The maximum atomic E-state index is 12.0. The number of rotatable bonds is 7. The normalized spacial score (nSPS) is 15.5. The van der Waals surface area contributed by atoms with Crippen molar-refractivity contribution in [3.05, 3.63) is 29.0 Å². The van der Waals surface area contributed by atoms with Gasteiger partial charge in [-0.05, 0) is 31.2 Å². The summed E-state index contributed by atoms with van der Waals surface area (Å²) in [6, 6.07) is 4.42. The Morgan fingerprint density at radius 2 is 2.25 bits per heavy atom. The van der Waals surface area contributed by atoms with E-state index in [0.717, 1.165) is 40.7 Å². The third-order valence-electron chi connectivity index (χ3n) is 4.31. The van der Waals surface area contributed by atoms with Crippen molar-refractivity contribution in [1.82, 2.24) is 10.3 Å². The molecule has 0 aliphatic heterocycles. The maximum absolute atomic E-state index is 12.0. The second-order valence-electron chi connectivity index (χ2n) is 6.20. The van der Waals surface area contributed by atoms with Gasteiger partial charge in [-0.3, -0.25) is 4.79 Å². The number of thiophene rings is 1. The van der Waals surface area contributed by atoms with Gasteiger partial charge in [-0.25, -0.2) is 4.98 Å². The van der Waals surface area contributed by atoms with E-state index in [2.05, 4.69) is 10.3 Å². The lowest BCUT2D eigenvalue weighted by Crippen LogP contribution is -2.36. The van der Waals surface area contributed by atoms with Crippen LogP contribution in [0, 0.1) is 6.92 Å². The van der Waals surface area contributed by atoms with Crippen LogP contribution in [0.1, 0.15) is 50.0 Å². The Kier molecular flexibility index (Phi) is 6.37. The molecule has 0 saturated heterocycles. The first-order chi connectivity index (χ1) is 11.7. The molecule has 0 atom stereocenters. The maximum Gasteiger partial charge on any atom is 0.236 e. The van der Waals surface area contributed by atoms with Gasteiger partial charge in [0.15, 0.2) is 0 Å². The highest BCUT2D eigenvalue weighted by molar-refractivity contribution is 7.98. The number of amides is 1. The first kappa shape index (κ1) is 17.5. The van der Waals surface area contributed by atoms with E-state index in [-0.39, 0.29) is 5.91 Å². The minimum Gasteiger partial charge on any atom is -0.440 e. The average Bonchev–Trinajstić information content (AvgIpc) is 3.22. The van der Waals surface area contributed by atoms with Gasteiger partial charge in [0, 0.05) is 24.0 Å². The van der Waals surface area contributed by atoms with Gasteiger partial charge in [-0.2, -0.15) is 11.8 Å². The zero-order chi connectivity index (χ0) is 16.8. The van der Waals surface area contributed by atoms with Crippen molar-refractivity contribution < 1.29 is 9.21 Å². The molecule has 1 aliphatic rings. The molecule has 2 aromatic rings. The van der Waals surface area contributed by atoms with Gasteiger partial charge in [-0.1, -0.05) is 25.3 Å². The molecule has 2 heterocycles. The number of nitrogens with zero attached hydrogens (tertiary/aromatic N) is 1. The number of nitrogens with one attached hydrogen (secondary N) is 1. The van der Waals surface area contributed by atoms with Crippen molar-refractivity contribution in [3.8, 4) is 10.8 Å². The molecule has 1 aliphatic carbocycles. The van der Waals surface area contributed by atoms with E-state index in [1.807, 2.05) is 24.4 Å². The van der Waals surface area contributed by atoms with Crippen LogP contribution < -0.4 is 5.32 Å². The number of carbonyl (C=O) groups is 1. The molecule has 24 heavy (non-hydrogen) atoms. The van der Waals surface area contributed by atoms with Crippen molar-refractivity contribution in [3.63, 3.8) is 0 Å². The highest BCUT2D eigenvalue weighted by Gasteiger charge is 2.16. The van der Waals surface area contributed by atoms with Crippen molar-refractivity contribution >= 4 is 29.0 Å². The first-order valence-electron chi connectivity index (χ1n) is 8.59. The second kappa shape index (κ2) is 8.72. The zero-order valence-electron chi connectivity index (χ0n) is 14.0. The van der Waals surface area contributed by atoms with Crippen LogP contribution >= 0.6 is 23.1 Å². The van der Waals surface area contributed by atoms with Gasteiger partial charge in [0.25, 0.3) is 0 Å². The lowest BCUT2D eigenvalue weighted by atomic mass is 9.95. The van der Waals surface area contributed by atoms with Gasteiger partial charge >= 0.3 is 0 Å². The van der Waals surface area contributed by atoms with Crippen LogP contribution in [0.15, 0.2) is 21.9 Å². The number of aromatic nitrogens is 1. The van der Waals surface area contributed by atoms with Gasteiger partial charge in [0.2, 0.25) is 11.8 Å². The third kappa shape index (κ3) is 4.86. The number of hydrogen-bond acceptors (Lipinski definition) is 5. The molecule has 1 saturated carbocycles. The van der Waals surface area contributed by atoms with E-state index in [4.69, 9.17) is 4.42 Å². The van der Waals surface area contributed by atoms with Crippen molar-refractivity contribution in [1.29, 1.82) is 0 Å². The summed E-state index contributed by atoms with van der Waals surface area (Å²) in [6.07, 6.45) is 6.67. The van der Waals surface area contributed by atoms with E-state index in [9.17, 15) is 4.79 Å². The number of oxazole rings is 1. The number of carbonyl (C=O) groups excluding carboxylic acids is 1. The average molecular weight is 365 g/mol. The minimum atomic E-state index is 0.186. The van der Waals surface area contributed by atoms with Crippen LogP contribution in [0.2, 0.25) is 0 Å². The molecular formula is C18H24N2O2S2. The fraction of sp³-hybridized carbons (Fsp3) is 0.556. The predicted octanol–water partition coefficient (Wildman–Crippen LogP) is 4.78. The smallest absolute Gasteiger partial charge is 0.236 e. The van der Waals surface area contributed by atoms with E-state index in [1.165, 1.54) is 19.3 Å². The molecule has 0 aromatic carbocycles. The Bertz CT molecular complexity index is 646. The molecular weight excluding hydrogens is 340 g/mol. The SMILES string of the molecule is Cc1oc(-c2cccs2)nc1CSCCC(=O)NC1CCCCC1. The molecule has 0 radical (unpaired) electrons. The Morgan fingerprint density at radius 1 is 1.42 bits per heavy atom. The molecule has 3 rings (SSSR count). The van der Waals surface area contributed by atoms with Crippen LogP contribution in [-0.4, -0.2) is 22.7 Å². The molecule has 6 heteroatoms. The molecule has 1 amide bonds. The largest absolute Gasteiger partial charge is 0.440 e. The van der Waals surface area contributed by atoms with Crippen LogP contribution in [-0.2, 0) is 10.5 Å². The molecule has 0 unspecified atom stereocenters. The summed E-state index contributed by atoms with van der Waals surface area (Å²) >= 11 is 3.37. The molecule has 4 nitrogen and oxygen atoms in total. The van der Waals surface area contributed by atoms with Gasteiger partial charge < -0.3 is 9.73 Å². The molecule has 1 N–H and O–H groups in total. The summed E-state index contributed by atoms with van der Waals surface area (Å²) < 4.78 is 5.74. The Balaban J connectivity index is 1.39. The van der Waals surface area contributed by atoms with Crippen molar-refractivity contribution in [2.75, 3.05) is 5.75 Å². The quantitative estimate of drug-likeness (QED) is 0.718. The minimum absolute atomic E-state index is 0.186. The third-order valence-corrected chi connectivity index (χ3v) is 6.14. The lowest BCUT2D eigenvalue weighted by molar-refractivity contribution is -0.121. The highest BCUT2D eigenvalue weighted by atomic mass is 32.2. The topological polar surface area (TPSA) is 55.1 Å². The summed E-state index contributed by atoms with van der Waals surface area (Å²) in [4.78, 5) is 17.6. The molecule has 2 aromatic heterocycles. The Morgan fingerprint density at radius 3 is 3.00 bits per heavy atom. The monoisotopic (exact) mass is 364 g/mol. The summed E-state index contributed by atoms with van der Waals surface area (Å²) in [5, 5.41) is 5.19. The summed E-state index contributed by atoms with van der Waals surface area (Å²) in [6.45, 7) is 1.95. The Hall–Kier alpha value is -1.27. The van der Waals surface area contributed by atoms with E-state index < -0.39 is 0 Å². The lowest BCUT2D eigenvalue weighted by Gasteiger charge is -2.22. The number of thioether (sulfide) groups is 1. The summed E-state index contributed by atoms with van der Waals surface area (Å²) in [5.41, 5.74) is 0.982. The van der Waals surface area contributed by atoms with Crippen LogP contribution in [0.25, 0.3) is 10.8 Å². The Labute approximate surface area is 151 Å². The number of aryl methyl sites for hydroxylation is 1. The van der Waals surface area contributed by atoms with E-state index in [0.29, 0.717) is 18.4 Å². The van der Waals surface area contributed by atoms with Crippen molar-refractivity contribution in [2.45, 2.75) is 57.2 Å². The van der Waals surface area contributed by atoms with Crippen LogP contribution in [0.3, 0.4) is 0 Å². The summed E-state index contributed by atoms with van der Waals surface area (Å²) in [5.74, 6) is 3.37. The number of hydrogen-bond donors (Lipinski definition) is 1. The van der Waals surface area contributed by atoms with Gasteiger partial charge in [0.05, 0.1) is 10.6 Å². The molecule has 0 bridgehead atoms.